The summed E-state index contributed by atoms with van der Waals surface area (Å²) in [4.78, 5) is 22.7. The molecule has 4 aromatic rings. The van der Waals surface area contributed by atoms with Crippen LogP contribution in [0.1, 0.15) is 12.6 Å². The topological polar surface area (TPSA) is 79.9 Å². The fraction of sp³-hybridized carbons (Fsp3) is 0.150. The molecule has 27 heavy (non-hydrogen) atoms. The summed E-state index contributed by atoms with van der Waals surface area (Å²) in [5, 5.41) is 5.12. The molecule has 0 atom stereocenters. The molecule has 0 bridgehead atoms. The van der Waals surface area contributed by atoms with Crippen molar-refractivity contribution in [2.24, 2.45) is 0 Å². The molecule has 6 nitrogen and oxygen atoms in total. The number of nitrogens with one attached hydrogen (secondary N) is 2. The number of hydrogen-bond donors (Lipinski definition) is 2. The first kappa shape index (κ1) is 18.7. The highest BCUT2D eigenvalue weighted by Crippen LogP contribution is 2.41. The van der Waals surface area contributed by atoms with Crippen LogP contribution in [-0.2, 0) is 4.79 Å². The van der Waals surface area contributed by atoms with Crippen LogP contribution >= 0.6 is 11.6 Å². The van der Waals surface area contributed by atoms with Gasteiger partial charge in [-0.2, -0.15) is 0 Å². The van der Waals surface area contributed by atoms with Crippen LogP contribution in [0.4, 0.5) is 5.69 Å². The van der Waals surface area contributed by atoms with E-state index < -0.39 is 0 Å². The summed E-state index contributed by atoms with van der Waals surface area (Å²) in [7, 11) is 1.52. The van der Waals surface area contributed by atoms with Gasteiger partial charge in [-0.25, -0.2) is 0 Å². The highest BCUT2D eigenvalue weighted by molar-refractivity contribution is 6.35. The van der Waals surface area contributed by atoms with Crippen molar-refractivity contribution in [3.8, 4) is 5.75 Å². The van der Waals surface area contributed by atoms with E-state index in [1.165, 1.54) is 14.0 Å². The Morgan fingerprint density at radius 2 is 2.04 bits per heavy atom. The molecule has 0 aliphatic rings. The first-order valence-corrected chi connectivity index (χ1v) is 8.66. The molecule has 0 aliphatic heterocycles. The van der Waals surface area contributed by atoms with E-state index >= 15 is 0 Å². The van der Waals surface area contributed by atoms with Crippen LogP contribution in [0.2, 0.25) is 5.02 Å². The Bertz CT molecular complexity index is 1090. The van der Waals surface area contributed by atoms with E-state index in [-0.39, 0.29) is 5.91 Å². The lowest BCUT2D eigenvalue weighted by atomic mass is 10.1. The molecule has 7 heteroatoms. The molecule has 3 heterocycles. The zero-order valence-corrected chi connectivity index (χ0v) is 16.0. The summed E-state index contributed by atoms with van der Waals surface area (Å²) in [5.41, 5.74) is 3.25. The van der Waals surface area contributed by atoms with E-state index in [4.69, 9.17) is 16.3 Å². The monoisotopic (exact) mass is 382 g/mol. The third-order valence-electron chi connectivity index (χ3n) is 3.92. The maximum absolute atomic E-state index is 11.4. The van der Waals surface area contributed by atoms with Crippen LogP contribution in [-0.4, -0.2) is 28.0 Å². The van der Waals surface area contributed by atoms with Gasteiger partial charge in [-0.15, -0.1) is 0 Å². The van der Waals surface area contributed by atoms with Gasteiger partial charge in [0.1, 0.15) is 5.69 Å². The minimum absolute atomic E-state index is 0.191. The number of aromatic amines is 1. The molecule has 0 radical (unpaired) electrons. The number of carbonyl (C=O) groups excluding carboxylic acids is 1. The van der Waals surface area contributed by atoms with E-state index in [1.807, 2.05) is 37.3 Å². The van der Waals surface area contributed by atoms with Crippen molar-refractivity contribution in [2.75, 3.05) is 12.4 Å². The van der Waals surface area contributed by atoms with Crippen molar-refractivity contribution in [1.82, 2.24) is 15.0 Å². The lowest BCUT2D eigenvalue weighted by Crippen LogP contribution is -2.08. The molecule has 138 valence electrons. The van der Waals surface area contributed by atoms with Gasteiger partial charge in [0.05, 0.1) is 29.4 Å². The molecule has 3 aromatic heterocycles. The predicted octanol–water partition coefficient (Wildman–Crippen LogP) is 4.73. The summed E-state index contributed by atoms with van der Waals surface area (Å²) >= 11 is 6.24. The molecule has 0 unspecified atom stereocenters. The Morgan fingerprint density at radius 1 is 1.22 bits per heavy atom. The van der Waals surface area contributed by atoms with Crippen molar-refractivity contribution in [2.45, 2.75) is 13.8 Å². The first-order chi connectivity index (χ1) is 13.0. The molecule has 0 saturated carbocycles. The Hall–Kier alpha value is -3.12. The number of hydrogen-bond acceptors (Lipinski definition) is 4. The molecule has 0 spiro atoms. The van der Waals surface area contributed by atoms with Gasteiger partial charge in [0.2, 0.25) is 5.91 Å². The largest absolute Gasteiger partial charge is 0.493 e. The first-order valence-electron chi connectivity index (χ1n) is 8.28. The maximum Gasteiger partial charge on any atom is 0.221 e. The number of benzene rings is 1. The van der Waals surface area contributed by atoms with E-state index in [0.29, 0.717) is 16.5 Å². The minimum atomic E-state index is -0.191. The second kappa shape index (κ2) is 8.05. The number of halogens is 1. The van der Waals surface area contributed by atoms with Gasteiger partial charge in [-0.3, -0.25) is 14.8 Å². The molecule has 4 rings (SSSR count). The molecule has 0 fully saturated rings. The number of methoxy groups -OCH3 is 1. The van der Waals surface area contributed by atoms with Crippen molar-refractivity contribution >= 4 is 45.0 Å². The van der Waals surface area contributed by atoms with Gasteiger partial charge >= 0.3 is 0 Å². The molecule has 1 aromatic carbocycles. The Morgan fingerprint density at radius 3 is 2.63 bits per heavy atom. The smallest absolute Gasteiger partial charge is 0.221 e. The SMILES string of the molecule is COc1c(Cl)cc2c([nH]c3cnccc32)c1NC(C)=O.Cc1ccccn1. The van der Waals surface area contributed by atoms with E-state index in [9.17, 15) is 4.79 Å². The zero-order chi connectivity index (χ0) is 19.4. The number of carbonyl (C=O) groups is 1. The van der Waals surface area contributed by atoms with Crippen LogP contribution in [0, 0.1) is 6.92 Å². The number of pyridine rings is 2. The van der Waals surface area contributed by atoms with Crippen LogP contribution in [0.5, 0.6) is 5.75 Å². The van der Waals surface area contributed by atoms with Gasteiger partial charge in [0.15, 0.2) is 5.75 Å². The fourth-order valence-electron chi connectivity index (χ4n) is 2.78. The van der Waals surface area contributed by atoms with Gasteiger partial charge < -0.3 is 15.0 Å². The van der Waals surface area contributed by atoms with Crippen LogP contribution in [0.25, 0.3) is 21.8 Å². The van der Waals surface area contributed by atoms with Gasteiger partial charge in [0, 0.05) is 35.8 Å². The van der Waals surface area contributed by atoms with E-state index in [2.05, 4.69) is 20.3 Å². The number of aromatic nitrogens is 3. The number of anilines is 1. The second-order valence-corrected chi connectivity index (χ2v) is 6.29. The molecule has 0 saturated heterocycles. The number of rotatable bonds is 2. The normalized spacial score (nSPS) is 10.4. The van der Waals surface area contributed by atoms with Crippen molar-refractivity contribution in [1.29, 1.82) is 0 Å². The van der Waals surface area contributed by atoms with E-state index in [0.717, 1.165) is 27.5 Å². The number of ether oxygens (including phenoxy) is 1. The highest BCUT2D eigenvalue weighted by Gasteiger charge is 2.17. The Labute approximate surface area is 161 Å². The molecule has 1 amide bonds. The summed E-state index contributed by atoms with van der Waals surface area (Å²) in [5.74, 6) is 0.248. The lowest BCUT2D eigenvalue weighted by molar-refractivity contribution is -0.114. The third kappa shape index (κ3) is 4.01. The van der Waals surface area contributed by atoms with Crippen LogP contribution in [0.3, 0.4) is 0 Å². The number of aryl methyl sites for hydroxylation is 1. The summed E-state index contributed by atoms with van der Waals surface area (Å²) in [6.45, 7) is 3.41. The van der Waals surface area contributed by atoms with Crippen molar-refractivity contribution in [3.05, 3.63) is 59.6 Å². The van der Waals surface area contributed by atoms with Crippen LogP contribution < -0.4 is 10.1 Å². The summed E-state index contributed by atoms with van der Waals surface area (Å²) < 4.78 is 5.30. The maximum atomic E-state index is 11.4. The lowest BCUT2D eigenvalue weighted by Gasteiger charge is -2.12. The molecule has 2 N–H and O–H groups in total. The highest BCUT2D eigenvalue weighted by atomic mass is 35.5. The quantitative estimate of drug-likeness (QED) is 0.525. The summed E-state index contributed by atoms with van der Waals surface area (Å²) in [6.07, 6.45) is 5.23. The van der Waals surface area contributed by atoms with E-state index in [1.54, 1.807) is 18.6 Å². The number of nitrogens with zero attached hydrogens (tertiary/aromatic N) is 2. The van der Waals surface area contributed by atoms with Gasteiger partial charge in [-0.1, -0.05) is 17.7 Å². The average molecular weight is 383 g/mol. The average Bonchev–Trinajstić information content (AvgIpc) is 3.01. The van der Waals surface area contributed by atoms with Gasteiger partial charge in [-0.05, 0) is 31.2 Å². The van der Waals surface area contributed by atoms with Crippen LogP contribution in [0.15, 0.2) is 48.9 Å². The minimum Gasteiger partial charge on any atom is -0.493 e. The van der Waals surface area contributed by atoms with Crippen molar-refractivity contribution < 1.29 is 9.53 Å². The van der Waals surface area contributed by atoms with Gasteiger partial charge in [0.25, 0.3) is 0 Å². The number of amides is 1. The standard InChI is InChI=1S/C14H12ClN3O2.C6H7N/c1-7(19)17-13-12-9(5-10(15)14(13)20-2)8-3-4-16-6-11(8)18-12;1-6-4-2-3-5-7-6/h3-6,18H,1-2H3,(H,17,19);2-5H,1H3. The molecule has 0 aliphatic carbocycles. The fourth-order valence-corrected chi connectivity index (χ4v) is 3.06. The predicted molar refractivity (Wildman–Crippen MR) is 108 cm³/mol. The number of H-pyrrole nitrogens is 1. The zero-order valence-electron chi connectivity index (χ0n) is 15.2. The number of fused-ring (bicyclic) bond motifs is 3. The summed E-state index contributed by atoms with van der Waals surface area (Å²) in [6, 6.07) is 9.57. The second-order valence-electron chi connectivity index (χ2n) is 5.89. The Kier molecular flexibility index (Phi) is 5.57. The third-order valence-corrected chi connectivity index (χ3v) is 4.20. The van der Waals surface area contributed by atoms with Crippen molar-refractivity contribution in [3.63, 3.8) is 0 Å². The Balaban J connectivity index is 0.000000253. The molecular weight excluding hydrogens is 364 g/mol. The molecular formula is C20H19ClN4O2.